The molecule has 0 radical (unpaired) electrons. The van der Waals surface area contributed by atoms with Crippen LogP contribution in [-0.4, -0.2) is 31.4 Å². The summed E-state index contributed by atoms with van der Waals surface area (Å²) in [4.78, 5) is 0. The second-order valence-corrected chi connectivity index (χ2v) is 5.33. The maximum absolute atomic E-state index is 13.7. The van der Waals surface area contributed by atoms with Crippen molar-refractivity contribution in [3.05, 3.63) is 29.6 Å². The van der Waals surface area contributed by atoms with Gasteiger partial charge >= 0.3 is 0 Å². The fourth-order valence-electron chi connectivity index (χ4n) is 2.50. The van der Waals surface area contributed by atoms with Gasteiger partial charge in [-0.1, -0.05) is 19.9 Å². The number of rotatable bonds is 7. The molecule has 0 saturated heterocycles. The maximum Gasteiger partial charge on any atom is 0.165 e. The largest absolute Gasteiger partial charge is 0.485 e. The van der Waals surface area contributed by atoms with E-state index in [1.54, 1.807) is 12.1 Å². The highest BCUT2D eigenvalue weighted by Gasteiger charge is 2.43. The smallest absolute Gasteiger partial charge is 0.165 e. The average molecular weight is 281 g/mol. The van der Waals surface area contributed by atoms with Gasteiger partial charge < -0.3 is 14.8 Å². The number of hydrogen-bond donors (Lipinski definition) is 1. The Labute approximate surface area is 120 Å². The van der Waals surface area contributed by atoms with Gasteiger partial charge in [0.2, 0.25) is 0 Å². The summed E-state index contributed by atoms with van der Waals surface area (Å²) in [6.07, 6.45) is 1.77. The Hall–Kier alpha value is -1.13. The third-order valence-electron chi connectivity index (χ3n) is 3.60. The second-order valence-electron chi connectivity index (χ2n) is 5.33. The Kier molecular flexibility index (Phi) is 5.38. The fourth-order valence-corrected chi connectivity index (χ4v) is 2.50. The molecule has 1 aliphatic carbocycles. The van der Waals surface area contributed by atoms with Crippen LogP contribution in [0.3, 0.4) is 0 Å². The van der Waals surface area contributed by atoms with E-state index in [1.807, 2.05) is 6.92 Å². The van der Waals surface area contributed by atoms with Crippen LogP contribution in [0.4, 0.5) is 4.39 Å². The number of hydrogen-bond acceptors (Lipinski definition) is 3. The van der Waals surface area contributed by atoms with Crippen LogP contribution >= 0.6 is 0 Å². The number of likely N-dealkylation sites (N-methyl/N-ethyl adjacent to an activating group) is 1. The molecule has 1 aromatic carbocycles. The molecule has 3 atom stereocenters. The number of aryl methyl sites for hydroxylation is 1. The molecule has 112 valence electrons. The van der Waals surface area contributed by atoms with Crippen LogP contribution in [0.2, 0.25) is 0 Å². The van der Waals surface area contributed by atoms with Crippen molar-refractivity contribution in [1.29, 1.82) is 0 Å². The standard InChI is InChI=1S/C16H24FNO2/c1-4-8-19-16-13(18-5-2)10-15(16)20-14-9-11(3)6-7-12(14)17/h6-7,9,13,15-16,18H,4-5,8,10H2,1-3H3. The van der Waals surface area contributed by atoms with Gasteiger partial charge in [-0.2, -0.15) is 0 Å². The zero-order chi connectivity index (χ0) is 14.5. The lowest BCUT2D eigenvalue weighted by atomic mass is 9.85. The number of halogens is 1. The molecule has 1 saturated carbocycles. The highest BCUT2D eigenvalue weighted by molar-refractivity contribution is 5.30. The van der Waals surface area contributed by atoms with Crippen molar-refractivity contribution in [3.63, 3.8) is 0 Å². The lowest BCUT2D eigenvalue weighted by Gasteiger charge is -2.44. The van der Waals surface area contributed by atoms with Crippen molar-refractivity contribution in [2.45, 2.75) is 51.9 Å². The Morgan fingerprint density at radius 2 is 2.15 bits per heavy atom. The fraction of sp³-hybridized carbons (Fsp3) is 0.625. The van der Waals surface area contributed by atoms with Gasteiger partial charge in [0.1, 0.15) is 12.2 Å². The zero-order valence-corrected chi connectivity index (χ0v) is 12.5. The highest BCUT2D eigenvalue weighted by Crippen LogP contribution is 2.31. The first-order valence-corrected chi connectivity index (χ1v) is 7.43. The normalized spacial score (nSPS) is 25.3. The van der Waals surface area contributed by atoms with E-state index >= 15 is 0 Å². The summed E-state index contributed by atoms with van der Waals surface area (Å²) in [5.74, 6) is 0.0202. The minimum absolute atomic E-state index is 0.00909. The molecule has 0 spiro atoms. The highest BCUT2D eigenvalue weighted by atomic mass is 19.1. The number of ether oxygens (including phenoxy) is 2. The molecule has 20 heavy (non-hydrogen) atoms. The van der Waals surface area contributed by atoms with Gasteiger partial charge in [-0.05, 0) is 37.6 Å². The number of benzene rings is 1. The van der Waals surface area contributed by atoms with Crippen LogP contribution in [0.5, 0.6) is 5.75 Å². The average Bonchev–Trinajstić information content (AvgIpc) is 2.41. The lowest BCUT2D eigenvalue weighted by molar-refractivity contribution is -0.108. The van der Waals surface area contributed by atoms with Crippen LogP contribution in [-0.2, 0) is 4.74 Å². The summed E-state index contributed by atoms with van der Waals surface area (Å²) < 4.78 is 25.4. The molecule has 0 amide bonds. The molecule has 3 nitrogen and oxygen atoms in total. The zero-order valence-electron chi connectivity index (χ0n) is 12.5. The van der Waals surface area contributed by atoms with Gasteiger partial charge in [-0.3, -0.25) is 0 Å². The Morgan fingerprint density at radius 3 is 2.85 bits per heavy atom. The SMILES string of the molecule is CCCOC1C(NCC)CC1Oc1cc(C)ccc1F. The van der Waals surface area contributed by atoms with Gasteiger partial charge in [-0.15, -0.1) is 0 Å². The number of nitrogens with one attached hydrogen (secondary N) is 1. The molecule has 1 aliphatic rings. The van der Waals surface area contributed by atoms with E-state index in [1.165, 1.54) is 6.07 Å². The summed E-state index contributed by atoms with van der Waals surface area (Å²) in [7, 11) is 0. The van der Waals surface area contributed by atoms with E-state index in [0.717, 1.165) is 24.9 Å². The molecule has 1 fully saturated rings. The van der Waals surface area contributed by atoms with Crippen molar-refractivity contribution in [2.24, 2.45) is 0 Å². The predicted octanol–water partition coefficient (Wildman–Crippen LogP) is 3.06. The Balaban J connectivity index is 1.99. The third kappa shape index (κ3) is 3.49. The van der Waals surface area contributed by atoms with E-state index in [-0.39, 0.29) is 18.0 Å². The van der Waals surface area contributed by atoms with Gasteiger partial charge in [0.25, 0.3) is 0 Å². The molecule has 0 heterocycles. The van der Waals surface area contributed by atoms with Crippen LogP contribution in [0.15, 0.2) is 18.2 Å². The predicted molar refractivity (Wildman–Crippen MR) is 77.7 cm³/mol. The molecule has 0 bridgehead atoms. The Morgan fingerprint density at radius 1 is 1.35 bits per heavy atom. The maximum atomic E-state index is 13.7. The van der Waals surface area contributed by atoms with Crippen LogP contribution in [0, 0.1) is 12.7 Å². The van der Waals surface area contributed by atoms with Crippen LogP contribution in [0.1, 0.15) is 32.3 Å². The first kappa shape index (κ1) is 15.3. The Bertz CT molecular complexity index is 438. The van der Waals surface area contributed by atoms with Gasteiger partial charge in [0.15, 0.2) is 11.6 Å². The van der Waals surface area contributed by atoms with E-state index in [2.05, 4.69) is 19.2 Å². The molecule has 1 N–H and O–H groups in total. The molecule has 0 aromatic heterocycles. The summed E-state index contributed by atoms with van der Waals surface area (Å²) in [6.45, 7) is 7.70. The summed E-state index contributed by atoms with van der Waals surface area (Å²) in [5, 5.41) is 3.38. The van der Waals surface area contributed by atoms with Crippen molar-refractivity contribution in [3.8, 4) is 5.75 Å². The van der Waals surface area contributed by atoms with Crippen molar-refractivity contribution >= 4 is 0 Å². The molecule has 1 aromatic rings. The second kappa shape index (κ2) is 7.04. The minimum Gasteiger partial charge on any atom is -0.485 e. The molecular formula is C16H24FNO2. The van der Waals surface area contributed by atoms with Crippen molar-refractivity contribution < 1.29 is 13.9 Å². The molecule has 0 aliphatic heterocycles. The topological polar surface area (TPSA) is 30.5 Å². The van der Waals surface area contributed by atoms with Gasteiger partial charge in [0, 0.05) is 19.1 Å². The van der Waals surface area contributed by atoms with Gasteiger partial charge in [0.05, 0.1) is 0 Å². The third-order valence-corrected chi connectivity index (χ3v) is 3.60. The minimum atomic E-state index is -0.309. The van der Waals surface area contributed by atoms with E-state index < -0.39 is 0 Å². The monoisotopic (exact) mass is 281 g/mol. The van der Waals surface area contributed by atoms with Gasteiger partial charge in [-0.25, -0.2) is 4.39 Å². The molecule has 3 unspecified atom stereocenters. The van der Waals surface area contributed by atoms with Crippen LogP contribution in [0.25, 0.3) is 0 Å². The summed E-state index contributed by atoms with van der Waals surface area (Å²) in [6, 6.07) is 5.25. The first-order chi connectivity index (χ1) is 9.65. The van der Waals surface area contributed by atoms with E-state index in [0.29, 0.717) is 18.4 Å². The van der Waals surface area contributed by atoms with Crippen LogP contribution < -0.4 is 10.1 Å². The van der Waals surface area contributed by atoms with E-state index in [4.69, 9.17) is 9.47 Å². The van der Waals surface area contributed by atoms with Crippen molar-refractivity contribution in [2.75, 3.05) is 13.2 Å². The van der Waals surface area contributed by atoms with E-state index in [9.17, 15) is 4.39 Å². The molecule has 4 heteroatoms. The first-order valence-electron chi connectivity index (χ1n) is 7.43. The summed E-state index contributed by atoms with van der Waals surface area (Å²) >= 11 is 0. The summed E-state index contributed by atoms with van der Waals surface area (Å²) in [5.41, 5.74) is 0.995. The van der Waals surface area contributed by atoms with Crippen molar-refractivity contribution in [1.82, 2.24) is 5.32 Å². The lowest BCUT2D eigenvalue weighted by Crippen LogP contribution is -2.61. The quantitative estimate of drug-likeness (QED) is 0.833. The molecular weight excluding hydrogens is 257 g/mol. The molecule has 2 rings (SSSR count).